The van der Waals surface area contributed by atoms with Crippen LogP contribution in [0.15, 0.2) is 51.5 Å². The molecule has 0 saturated carbocycles. The maximum Gasteiger partial charge on any atom is 0.142 e. The fraction of sp³-hybridized carbons (Fsp3) is 0.235. The Bertz CT molecular complexity index is 859. The smallest absolute Gasteiger partial charge is 0.142 e. The number of halogens is 1. The maximum absolute atomic E-state index is 13.3. The Balaban J connectivity index is 1.69. The second-order valence-corrected chi connectivity index (χ2v) is 5.19. The maximum atomic E-state index is 13.3. The minimum Gasteiger partial charge on any atom is -0.391 e. The van der Waals surface area contributed by atoms with Gasteiger partial charge in [0.15, 0.2) is 0 Å². The topological polar surface area (TPSA) is 46.3 Å². The van der Waals surface area contributed by atoms with Gasteiger partial charge in [0.25, 0.3) is 0 Å². The van der Waals surface area contributed by atoms with E-state index in [9.17, 15) is 4.39 Å². The van der Waals surface area contributed by atoms with Crippen molar-refractivity contribution < 1.29 is 9.23 Å². The molecule has 4 nitrogen and oxygen atoms in total. The minimum atomic E-state index is -0.218. The predicted molar refractivity (Wildman–Crippen MR) is 81.8 cm³/mol. The van der Waals surface area contributed by atoms with Gasteiger partial charge in [-0.05, 0) is 54.8 Å². The Hall–Kier alpha value is -2.56. The summed E-state index contributed by atoms with van der Waals surface area (Å²) in [6.45, 7) is 4.43. The van der Waals surface area contributed by atoms with Crippen molar-refractivity contribution in [2.24, 2.45) is 15.1 Å². The van der Waals surface area contributed by atoms with E-state index in [-0.39, 0.29) is 5.82 Å². The molecule has 22 heavy (non-hydrogen) atoms. The molecule has 2 aromatic rings. The van der Waals surface area contributed by atoms with Crippen molar-refractivity contribution in [3.05, 3.63) is 69.6 Å². The molecule has 0 aliphatic carbocycles. The van der Waals surface area contributed by atoms with Gasteiger partial charge in [0.1, 0.15) is 19.1 Å². The van der Waals surface area contributed by atoms with Crippen LogP contribution in [0.3, 0.4) is 0 Å². The van der Waals surface area contributed by atoms with Crippen LogP contribution in [0.2, 0.25) is 0 Å². The number of benzene rings is 2. The highest BCUT2D eigenvalue weighted by Crippen LogP contribution is 2.10. The molecule has 0 unspecified atom stereocenters. The average molecular weight is 297 g/mol. The third-order valence-corrected chi connectivity index (χ3v) is 3.53. The molecule has 3 rings (SSSR count). The normalized spacial score (nSPS) is 13.3. The van der Waals surface area contributed by atoms with E-state index in [1.54, 1.807) is 19.1 Å². The van der Waals surface area contributed by atoms with Crippen LogP contribution < -0.4 is 10.7 Å². The van der Waals surface area contributed by atoms with E-state index in [0.717, 1.165) is 21.8 Å². The minimum absolute atomic E-state index is 0.218. The quantitative estimate of drug-likeness (QED) is 0.631. The lowest BCUT2D eigenvalue weighted by Crippen LogP contribution is -2.21. The van der Waals surface area contributed by atoms with Gasteiger partial charge in [0.2, 0.25) is 0 Å². The molecular formula is C17H16FN3O. The van der Waals surface area contributed by atoms with E-state index >= 15 is 0 Å². The Labute approximate surface area is 127 Å². The third-order valence-electron chi connectivity index (χ3n) is 3.53. The third kappa shape index (κ3) is 3.03. The van der Waals surface area contributed by atoms with Crippen LogP contribution in [0.1, 0.15) is 23.6 Å². The number of hydrogen-bond donors (Lipinski definition) is 0. The van der Waals surface area contributed by atoms with Gasteiger partial charge in [0.05, 0.1) is 16.4 Å². The van der Waals surface area contributed by atoms with Gasteiger partial charge in [-0.2, -0.15) is 0 Å². The number of oxime groups is 1. The van der Waals surface area contributed by atoms with Crippen molar-refractivity contribution >= 4 is 5.71 Å². The van der Waals surface area contributed by atoms with Crippen LogP contribution in [-0.2, 0) is 11.4 Å². The van der Waals surface area contributed by atoms with Gasteiger partial charge in [-0.25, -0.2) is 4.39 Å². The molecule has 2 aromatic carbocycles. The van der Waals surface area contributed by atoms with Crippen LogP contribution in [-0.4, -0.2) is 12.4 Å². The molecule has 0 radical (unpaired) electrons. The Kier molecular flexibility index (Phi) is 3.96. The van der Waals surface area contributed by atoms with Crippen LogP contribution >= 0.6 is 0 Å². The lowest BCUT2D eigenvalue weighted by atomic mass is 10.1. The van der Waals surface area contributed by atoms with Gasteiger partial charge >= 0.3 is 0 Å². The highest BCUT2D eigenvalue weighted by molar-refractivity contribution is 5.98. The Morgan fingerprint density at radius 2 is 2.00 bits per heavy atom. The molecule has 0 amide bonds. The number of fused-ring (bicyclic) bond motifs is 1. The van der Waals surface area contributed by atoms with Crippen molar-refractivity contribution in [2.75, 3.05) is 6.67 Å². The van der Waals surface area contributed by atoms with Crippen LogP contribution in [0.4, 0.5) is 4.39 Å². The standard InChI is InChI=1S/C17H16FN3O/c1-11-7-14(4-5-15(11)18)12(2)21-22-9-13-3-6-16-17(8-13)20-10-19-16/h3-8H,9-10H2,1-2H3/b21-12+. The highest BCUT2D eigenvalue weighted by atomic mass is 19.1. The SMILES string of the molecule is C/C(=N\OCc1ccc2c(c1)=NCN=2)c1ccc(F)c(C)c1. The van der Waals surface area contributed by atoms with Gasteiger partial charge in [-0.1, -0.05) is 17.3 Å². The molecule has 1 aliphatic rings. The lowest BCUT2D eigenvalue weighted by molar-refractivity contribution is 0.130. The fourth-order valence-electron chi connectivity index (χ4n) is 2.23. The first kappa shape index (κ1) is 14.4. The molecule has 0 fully saturated rings. The molecule has 1 aliphatic heterocycles. The van der Waals surface area contributed by atoms with E-state index in [1.807, 2.05) is 25.1 Å². The summed E-state index contributed by atoms with van der Waals surface area (Å²) in [7, 11) is 0. The zero-order chi connectivity index (χ0) is 15.5. The number of rotatable bonds is 4. The lowest BCUT2D eigenvalue weighted by Gasteiger charge is -2.04. The number of nitrogens with zero attached hydrogens (tertiary/aromatic N) is 3. The van der Waals surface area contributed by atoms with Crippen molar-refractivity contribution in [2.45, 2.75) is 20.5 Å². The summed E-state index contributed by atoms with van der Waals surface area (Å²) < 4.78 is 13.3. The largest absolute Gasteiger partial charge is 0.391 e. The van der Waals surface area contributed by atoms with E-state index in [4.69, 9.17) is 4.84 Å². The first-order valence-corrected chi connectivity index (χ1v) is 7.04. The van der Waals surface area contributed by atoms with Gasteiger partial charge < -0.3 is 4.84 Å². The zero-order valence-corrected chi connectivity index (χ0v) is 12.5. The first-order chi connectivity index (χ1) is 10.6. The van der Waals surface area contributed by atoms with Crippen LogP contribution in [0.5, 0.6) is 0 Å². The molecule has 5 heteroatoms. The van der Waals surface area contributed by atoms with Crippen LogP contribution in [0, 0.1) is 12.7 Å². The van der Waals surface area contributed by atoms with Gasteiger partial charge in [-0.3, -0.25) is 9.98 Å². The van der Waals surface area contributed by atoms with E-state index < -0.39 is 0 Å². The van der Waals surface area contributed by atoms with E-state index in [1.165, 1.54) is 6.07 Å². The Morgan fingerprint density at radius 3 is 2.82 bits per heavy atom. The molecule has 0 saturated heterocycles. The summed E-state index contributed by atoms with van der Waals surface area (Å²) in [5, 5.41) is 5.91. The zero-order valence-electron chi connectivity index (χ0n) is 12.5. The number of hydrogen-bond acceptors (Lipinski definition) is 4. The highest BCUT2D eigenvalue weighted by Gasteiger charge is 2.03. The average Bonchev–Trinajstić information content (AvgIpc) is 2.97. The van der Waals surface area contributed by atoms with Crippen molar-refractivity contribution in [3.63, 3.8) is 0 Å². The molecule has 0 atom stereocenters. The summed E-state index contributed by atoms with van der Waals surface area (Å²) >= 11 is 0. The molecule has 0 N–H and O–H groups in total. The van der Waals surface area contributed by atoms with Crippen molar-refractivity contribution in [1.82, 2.24) is 0 Å². The summed E-state index contributed by atoms with van der Waals surface area (Å²) in [4.78, 5) is 13.9. The van der Waals surface area contributed by atoms with Crippen molar-refractivity contribution in [1.29, 1.82) is 0 Å². The summed E-state index contributed by atoms with van der Waals surface area (Å²) in [5.74, 6) is -0.218. The summed E-state index contributed by atoms with van der Waals surface area (Å²) in [6.07, 6.45) is 0. The summed E-state index contributed by atoms with van der Waals surface area (Å²) in [6, 6.07) is 10.7. The molecule has 112 valence electrons. The second-order valence-electron chi connectivity index (χ2n) is 5.19. The second kappa shape index (κ2) is 6.05. The van der Waals surface area contributed by atoms with Crippen LogP contribution in [0.25, 0.3) is 0 Å². The van der Waals surface area contributed by atoms with Crippen molar-refractivity contribution in [3.8, 4) is 0 Å². The molecule has 1 heterocycles. The summed E-state index contributed by atoms with van der Waals surface area (Å²) in [5.41, 5.74) is 3.15. The monoisotopic (exact) mass is 297 g/mol. The number of aryl methyl sites for hydroxylation is 1. The predicted octanol–water partition coefficient (Wildman–Crippen LogP) is 2.29. The molecule has 0 spiro atoms. The molecule has 0 aromatic heterocycles. The fourth-order valence-corrected chi connectivity index (χ4v) is 2.23. The molecule has 0 bridgehead atoms. The van der Waals surface area contributed by atoms with Gasteiger partial charge in [0, 0.05) is 0 Å². The van der Waals surface area contributed by atoms with E-state index in [0.29, 0.717) is 24.6 Å². The first-order valence-electron chi connectivity index (χ1n) is 7.04. The Morgan fingerprint density at radius 1 is 1.18 bits per heavy atom. The van der Waals surface area contributed by atoms with Gasteiger partial charge in [-0.15, -0.1) is 0 Å². The molecular weight excluding hydrogens is 281 g/mol. The van der Waals surface area contributed by atoms with E-state index in [2.05, 4.69) is 15.1 Å².